The van der Waals surface area contributed by atoms with Gasteiger partial charge in [0.15, 0.2) is 5.96 Å². The highest BCUT2D eigenvalue weighted by atomic mass is 19.1. The number of guanidine groups is 1. The highest BCUT2D eigenvalue weighted by Crippen LogP contribution is 2.19. The average Bonchev–Trinajstić information content (AvgIpc) is 2.57. The first kappa shape index (κ1) is 23.1. The Hall–Kier alpha value is -2.95. The molecule has 0 aliphatic rings. The van der Waals surface area contributed by atoms with Gasteiger partial charge in [-0.2, -0.15) is 0 Å². The van der Waals surface area contributed by atoms with Crippen LogP contribution < -0.4 is 27.4 Å². The minimum Gasteiger partial charge on any atom is -0.508 e. The number of aromatic hydroxyl groups is 1. The maximum Gasteiger partial charge on any atom is 0.321 e. The molecule has 0 spiro atoms. The van der Waals surface area contributed by atoms with E-state index in [9.17, 15) is 18.4 Å². The van der Waals surface area contributed by atoms with Gasteiger partial charge < -0.3 is 27.2 Å². The van der Waals surface area contributed by atoms with Gasteiger partial charge >= 0.3 is 6.03 Å². The van der Waals surface area contributed by atoms with Gasteiger partial charge in [-0.3, -0.25) is 15.1 Å². The summed E-state index contributed by atoms with van der Waals surface area (Å²) in [4.78, 5) is 27.4. The number of benzene rings is 1. The largest absolute Gasteiger partial charge is 0.508 e. The molecular weight excluding hydrogens is 374 g/mol. The van der Waals surface area contributed by atoms with E-state index in [0.29, 0.717) is 13.0 Å². The summed E-state index contributed by atoms with van der Waals surface area (Å²) in [5.41, 5.74) is 9.82. The van der Waals surface area contributed by atoms with E-state index in [2.05, 4.69) is 20.9 Å². The van der Waals surface area contributed by atoms with Crippen LogP contribution in [-0.2, 0) is 11.3 Å². The Morgan fingerprint density at radius 3 is 2.43 bits per heavy atom. The number of nitrogens with two attached hydrogens (primary N) is 2. The number of halogens is 2. The summed E-state index contributed by atoms with van der Waals surface area (Å²) in [6.45, 7) is 3.48. The molecule has 0 heterocycles. The molecule has 1 rings (SSSR count). The molecular formula is C17H26F2N6O3. The monoisotopic (exact) mass is 400 g/mol. The van der Waals surface area contributed by atoms with E-state index >= 15 is 0 Å². The van der Waals surface area contributed by atoms with Crippen molar-refractivity contribution in [2.75, 3.05) is 13.1 Å². The molecule has 8 N–H and O–H groups in total. The Kier molecular flexibility index (Phi) is 8.58. The molecule has 3 amide bonds. The van der Waals surface area contributed by atoms with Crippen LogP contribution in [-0.4, -0.2) is 41.6 Å². The van der Waals surface area contributed by atoms with Gasteiger partial charge in [-0.05, 0) is 26.7 Å². The van der Waals surface area contributed by atoms with Crippen molar-refractivity contribution in [1.82, 2.24) is 16.0 Å². The lowest BCUT2D eigenvalue weighted by Gasteiger charge is -2.23. The van der Waals surface area contributed by atoms with Gasteiger partial charge in [0, 0.05) is 37.3 Å². The number of phenols is 1. The highest BCUT2D eigenvalue weighted by Gasteiger charge is 2.28. The van der Waals surface area contributed by atoms with Crippen molar-refractivity contribution in [3.05, 3.63) is 29.3 Å². The first-order valence-corrected chi connectivity index (χ1v) is 8.65. The molecule has 11 heteroatoms. The van der Waals surface area contributed by atoms with Crippen molar-refractivity contribution in [2.24, 2.45) is 16.5 Å². The van der Waals surface area contributed by atoms with Crippen LogP contribution in [0.1, 0.15) is 32.3 Å². The number of hydrogen-bond donors (Lipinski definition) is 6. The Morgan fingerprint density at radius 1 is 1.25 bits per heavy atom. The van der Waals surface area contributed by atoms with Crippen molar-refractivity contribution in [3.8, 4) is 5.75 Å². The molecule has 0 saturated carbocycles. The lowest BCUT2D eigenvalue weighted by Crippen LogP contribution is -2.51. The molecule has 0 aliphatic heterocycles. The fourth-order valence-corrected chi connectivity index (χ4v) is 2.25. The van der Waals surface area contributed by atoms with Crippen LogP contribution in [0.3, 0.4) is 0 Å². The molecule has 156 valence electrons. The summed E-state index contributed by atoms with van der Waals surface area (Å²) in [7, 11) is 0. The highest BCUT2D eigenvalue weighted by molar-refractivity contribution is 5.95. The van der Waals surface area contributed by atoms with Gasteiger partial charge in [0.2, 0.25) is 5.91 Å². The van der Waals surface area contributed by atoms with E-state index in [0.717, 1.165) is 12.1 Å². The molecule has 0 fully saturated rings. The number of urea groups is 1. The number of carbonyl (C=O) groups is 2. The second-order valence-corrected chi connectivity index (χ2v) is 6.34. The van der Waals surface area contributed by atoms with E-state index in [1.54, 1.807) is 6.92 Å². The van der Waals surface area contributed by atoms with Gasteiger partial charge in [-0.1, -0.05) is 0 Å². The van der Waals surface area contributed by atoms with Gasteiger partial charge in [-0.25, -0.2) is 13.6 Å². The van der Waals surface area contributed by atoms with Crippen LogP contribution in [0.5, 0.6) is 5.75 Å². The second-order valence-electron chi connectivity index (χ2n) is 6.34. The van der Waals surface area contributed by atoms with Gasteiger partial charge in [0.05, 0.1) is 5.54 Å². The summed E-state index contributed by atoms with van der Waals surface area (Å²) >= 11 is 0. The molecule has 1 aromatic rings. The molecule has 0 radical (unpaired) electrons. The Balaban J connectivity index is 2.49. The van der Waals surface area contributed by atoms with E-state index in [-0.39, 0.29) is 24.5 Å². The third-order valence-electron chi connectivity index (χ3n) is 3.79. The first-order valence-electron chi connectivity index (χ1n) is 8.65. The van der Waals surface area contributed by atoms with Crippen LogP contribution in [0.25, 0.3) is 0 Å². The Bertz CT molecular complexity index is 717. The average molecular weight is 400 g/mol. The molecule has 0 bridgehead atoms. The standard InChI is InChI=1S/C17H26F2N6O3/c1-3-22-16(28)25-15(20)23-6-4-5-17(2,21)14(27)24-9-11-12(18)7-10(26)8-13(11)19/h7-8,26H,3-6,9,21H2,1-2H3,(H,24,27)(H4,20,22,23,25,28)/t17-/m0/s1. The SMILES string of the molecule is CCNC(=O)NC(N)=NCCC[C@](C)(N)C(=O)NCc1c(F)cc(O)cc1F. The summed E-state index contributed by atoms with van der Waals surface area (Å²) in [5, 5.41) is 16.3. The van der Waals surface area contributed by atoms with Crippen LogP contribution >= 0.6 is 0 Å². The minimum atomic E-state index is -1.30. The normalized spacial score (nSPS) is 13.5. The second kappa shape index (κ2) is 10.4. The fraction of sp³-hybridized carbons (Fsp3) is 0.471. The number of carbonyl (C=O) groups excluding carboxylic acids is 2. The van der Waals surface area contributed by atoms with Crippen LogP contribution in [0.2, 0.25) is 0 Å². The van der Waals surface area contributed by atoms with Gasteiger partial charge in [0.1, 0.15) is 17.4 Å². The zero-order valence-corrected chi connectivity index (χ0v) is 15.8. The van der Waals surface area contributed by atoms with E-state index in [1.165, 1.54) is 6.92 Å². The predicted octanol–water partition coefficient (Wildman–Crippen LogP) is 0.418. The number of aliphatic imine (C=N–C) groups is 1. The number of phenolic OH excluding ortho intramolecular Hbond substituents is 1. The predicted molar refractivity (Wildman–Crippen MR) is 100 cm³/mol. The number of nitrogens with zero attached hydrogens (tertiary/aromatic N) is 1. The van der Waals surface area contributed by atoms with Crippen LogP contribution in [0.15, 0.2) is 17.1 Å². The van der Waals surface area contributed by atoms with E-state index in [1.807, 2.05) is 0 Å². The molecule has 28 heavy (non-hydrogen) atoms. The molecule has 0 saturated heterocycles. The van der Waals surface area contributed by atoms with Gasteiger partial charge in [0.25, 0.3) is 0 Å². The molecule has 0 unspecified atom stereocenters. The van der Waals surface area contributed by atoms with E-state index in [4.69, 9.17) is 16.6 Å². The zero-order chi connectivity index (χ0) is 21.3. The molecule has 0 aliphatic carbocycles. The smallest absolute Gasteiger partial charge is 0.321 e. The maximum absolute atomic E-state index is 13.7. The molecule has 1 aromatic carbocycles. The molecule has 0 aromatic heterocycles. The van der Waals surface area contributed by atoms with Gasteiger partial charge in [-0.15, -0.1) is 0 Å². The number of nitrogens with one attached hydrogen (secondary N) is 3. The number of rotatable bonds is 8. The lowest BCUT2D eigenvalue weighted by molar-refractivity contribution is -0.126. The summed E-state index contributed by atoms with van der Waals surface area (Å²) in [5.74, 6) is -3.15. The number of amides is 3. The third kappa shape index (κ3) is 7.35. The molecule has 9 nitrogen and oxygen atoms in total. The maximum atomic E-state index is 13.7. The van der Waals surface area contributed by atoms with Crippen molar-refractivity contribution < 1.29 is 23.5 Å². The van der Waals surface area contributed by atoms with E-state index < -0.39 is 41.4 Å². The summed E-state index contributed by atoms with van der Waals surface area (Å²) < 4.78 is 27.4. The van der Waals surface area contributed by atoms with Crippen molar-refractivity contribution in [3.63, 3.8) is 0 Å². The van der Waals surface area contributed by atoms with Crippen molar-refractivity contribution in [1.29, 1.82) is 0 Å². The fourth-order valence-electron chi connectivity index (χ4n) is 2.25. The third-order valence-corrected chi connectivity index (χ3v) is 3.79. The first-order chi connectivity index (χ1) is 13.1. The van der Waals surface area contributed by atoms with Crippen molar-refractivity contribution in [2.45, 2.75) is 38.8 Å². The Labute approximate surface area is 161 Å². The Morgan fingerprint density at radius 2 is 1.86 bits per heavy atom. The summed E-state index contributed by atoms with van der Waals surface area (Å²) in [6, 6.07) is 1.04. The zero-order valence-electron chi connectivity index (χ0n) is 15.8. The lowest BCUT2D eigenvalue weighted by atomic mass is 9.96. The summed E-state index contributed by atoms with van der Waals surface area (Å²) in [6.07, 6.45) is 0.609. The minimum absolute atomic E-state index is 0.0626. The van der Waals surface area contributed by atoms with Crippen molar-refractivity contribution >= 4 is 17.9 Å². The number of hydrogen-bond acceptors (Lipinski definition) is 5. The molecule has 1 atom stereocenters. The van der Waals surface area contributed by atoms with Crippen LogP contribution in [0, 0.1) is 11.6 Å². The quantitative estimate of drug-likeness (QED) is 0.212. The van der Waals surface area contributed by atoms with Crippen LogP contribution in [0.4, 0.5) is 13.6 Å². The topological polar surface area (TPSA) is 155 Å².